The zero-order valence-corrected chi connectivity index (χ0v) is 10.8. The molecule has 2 saturated heterocycles. The number of hydrogen-bond acceptors (Lipinski definition) is 2. The molecule has 2 fully saturated rings. The van der Waals surface area contributed by atoms with Gasteiger partial charge in [0, 0.05) is 26.4 Å². The third-order valence-electron chi connectivity index (χ3n) is 4.78. The quantitative estimate of drug-likeness (QED) is 0.736. The fourth-order valence-electron chi connectivity index (χ4n) is 3.28. The van der Waals surface area contributed by atoms with Gasteiger partial charge in [0.15, 0.2) is 0 Å². The minimum Gasteiger partial charge on any atom is -0.381 e. The average molecular weight is 226 g/mol. The highest BCUT2D eigenvalue weighted by Crippen LogP contribution is 2.35. The summed E-state index contributed by atoms with van der Waals surface area (Å²) in [6.45, 7) is 8.80. The SMILES string of the molecule is CC(C1CCOCC1)C(C)C1CCCOC1. The van der Waals surface area contributed by atoms with Crippen molar-refractivity contribution in [1.82, 2.24) is 0 Å². The topological polar surface area (TPSA) is 18.5 Å². The molecule has 3 atom stereocenters. The first kappa shape index (κ1) is 12.4. The third-order valence-corrected chi connectivity index (χ3v) is 4.78. The van der Waals surface area contributed by atoms with Crippen LogP contribution in [0.15, 0.2) is 0 Å². The van der Waals surface area contributed by atoms with Crippen molar-refractivity contribution in [3.63, 3.8) is 0 Å². The highest BCUT2D eigenvalue weighted by molar-refractivity contribution is 4.79. The van der Waals surface area contributed by atoms with Crippen LogP contribution in [0.1, 0.15) is 39.5 Å². The van der Waals surface area contributed by atoms with Crippen LogP contribution in [0.3, 0.4) is 0 Å². The van der Waals surface area contributed by atoms with Gasteiger partial charge in [-0.05, 0) is 49.4 Å². The molecule has 2 heteroatoms. The lowest BCUT2D eigenvalue weighted by atomic mass is 9.73. The third kappa shape index (κ3) is 2.98. The van der Waals surface area contributed by atoms with Crippen molar-refractivity contribution in [2.45, 2.75) is 39.5 Å². The van der Waals surface area contributed by atoms with Crippen LogP contribution in [0.25, 0.3) is 0 Å². The molecule has 2 heterocycles. The Morgan fingerprint density at radius 1 is 0.812 bits per heavy atom. The van der Waals surface area contributed by atoms with Gasteiger partial charge in [-0.15, -0.1) is 0 Å². The minimum absolute atomic E-state index is 0.798. The number of rotatable bonds is 3. The summed E-state index contributed by atoms with van der Waals surface area (Å²) in [5.74, 6) is 3.32. The van der Waals surface area contributed by atoms with Gasteiger partial charge in [-0.2, -0.15) is 0 Å². The van der Waals surface area contributed by atoms with Crippen LogP contribution in [-0.4, -0.2) is 26.4 Å². The summed E-state index contributed by atoms with van der Waals surface area (Å²) >= 11 is 0. The van der Waals surface area contributed by atoms with Gasteiger partial charge in [-0.25, -0.2) is 0 Å². The molecule has 0 saturated carbocycles. The summed E-state index contributed by atoms with van der Waals surface area (Å²) in [6, 6.07) is 0. The van der Waals surface area contributed by atoms with E-state index < -0.39 is 0 Å². The Kier molecular flexibility index (Phi) is 4.66. The van der Waals surface area contributed by atoms with E-state index in [0.29, 0.717) is 0 Å². The molecule has 0 N–H and O–H groups in total. The highest BCUT2D eigenvalue weighted by Gasteiger charge is 2.30. The first-order valence-corrected chi connectivity index (χ1v) is 6.94. The maximum absolute atomic E-state index is 5.62. The Morgan fingerprint density at radius 2 is 1.50 bits per heavy atom. The molecule has 2 nitrogen and oxygen atoms in total. The normalized spacial score (nSPS) is 32.2. The molecule has 0 bridgehead atoms. The van der Waals surface area contributed by atoms with Gasteiger partial charge in [0.05, 0.1) is 0 Å². The van der Waals surface area contributed by atoms with E-state index in [0.717, 1.165) is 50.1 Å². The maximum atomic E-state index is 5.62. The molecule has 16 heavy (non-hydrogen) atoms. The van der Waals surface area contributed by atoms with Gasteiger partial charge in [0.25, 0.3) is 0 Å². The Balaban J connectivity index is 1.84. The van der Waals surface area contributed by atoms with Crippen LogP contribution in [0, 0.1) is 23.7 Å². The molecular weight excluding hydrogens is 200 g/mol. The largest absolute Gasteiger partial charge is 0.381 e. The first-order chi connectivity index (χ1) is 7.79. The zero-order chi connectivity index (χ0) is 11.4. The number of ether oxygens (including phenoxy) is 2. The van der Waals surface area contributed by atoms with Crippen LogP contribution in [0.5, 0.6) is 0 Å². The first-order valence-electron chi connectivity index (χ1n) is 6.94. The zero-order valence-electron chi connectivity index (χ0n) is 10.8. The predicted octanol–water partition coefficient (Wildman–Crippen LogP) is 3.11. The van der Waals surface area contributed by atoms with Crippen molar-refractivity contribution >= 4 is 0 Å². The Labute approximate surface area is 99.7 Å². The van der Waals surface area contributed by atoms with Crippen molar-refractivity contribution in [1.29, 1.82) is 0 Å². The molecular formula is C14H26O2. The van der Waals surface area contributed by atoms with E-state index in [-0.39, 0.29) is 0 Å². The van der Waals surface area contributed by atoms with Gasteiger partial charge in [-0.1, -0.05) is 13.8 Å². The summed E-state index contributed by atoms with van der Waals surface area (Å²) in [4.78, 5) is 0. The Morgan fingerprint density at radius 3 is 2.12 bits per heavy atom. The van der Waals surface area contributed by atoms with Gasteiger partial charge < -0.3 is 9.47 Å². The summed E-state index contributed by atoms with van der Waals surface area (Å²) in [5.41, 5.74) is 0. The molecule has 94 valence electrons. The molecule has 2 rings (SSSR count). The lowest BCUT2D eigenvalue weighted by molar-refractivity contribution is -0.00412. The van der Waals surface area contributed by atoms with E-state index in [1.54, 1.807) is 0 Å². The molecule has 0 spiro atoms. The van der Waals surface area contributed by atoms with E-state index in [9.17, 15) is 0 Å². The van der Waals surface area contributed by atoms with Crippen LogP contribution >= 0.6 is 0 Å². The molecule has 2 aliphatic heterocycles. The average Bonchev–Trinajstić information content (AvgIpc) is 2.39. The van der Waals surface area contributed by atoms with Crippen LogP contribution in [0.4, 0.5) is 0 Å². The van der Waals surface area contributed by atoms with Crippen molar-refractivity contribution in [3.8, 4) is 0 Å². The summed E-state index contributed by atoms with van der Waals surface area (Å²) in [7, 11) is 0. The van der Waals surface area contributed by atoms with Crippen LogP contribution in [-0.2, 0) is 9.47 Å². The molecule has 0 aromatic rings. The summed E-state index contributed by atoms with van der Waals surface area (Å²) < 4.78 is 11.1. The second kappa shape index (κ2) is 6.02. The highest BCUT2D eigenvalue weighted by atomic mass is 16.5. The van der Waals surface area contributed by atoms with Gasteiger partial charge in [0.1, 0.15) is 0 Å². The molecule has 0 aromatic carbocycles. The molecule has 0 radical (unpaired) electrons. The molecule has 2 aliphatic rings. The van der Waals surface area contributed by atoms with Crippen molar-refractivity contribution in [3.05, 3.63) is 0 Å². The molecule has 3 unspecified atom stereocenters. The molecule has 0 aliphatic carbocycles. The van der Waals surface area contributed by atoms with Crippen LogP contribution in [0.2, 0.25) is 0 Å². The smallest absolute Gasteiger partial charge is 0.0496 e. The van der Waals surface area contributed by atoms with E-state index in [2.05, 4.69) is 13.8 Å². The fraction of sp³-hybridized carbons (Fsp3) is 1.00. The second-order valence-electron chi connectivity index (χ2n) is 5.65. The fourth-order valence-corrected chi connectivity index (χ4v) is 3.28. The van der Waals surface area contributed by atoms with E-state index in [1.807, 2.05) is 0 Å². The monoisotopic (exact) mass is 226 g/mol. The molecule has 0 aromatic heterocycles. The Bertz CT molecular complexity index is 171. The van der Waals surface area contributed by atoms with Crippen molar-refractivity contribution in [2.24, 2.45) is 23.7 Å². The second-order valence-corrected chi connectivity index (χ2v) is 5.65. The van der Waals surface area contributed by atoms with Gasteiger partial charge in [-0.3, -0.25) is 0 Å². The van der Waals surface area contributed by atoms with Gasteiger partial charge in [0.2, 0.25) is 0 Å². The van der Waals surface area contributed by atoms with Gasteiger partial charge >= 0.3 is 0 Å². The van der Waals surface area contributed by atoms with Crippen molar-refractivity contribution in [2.75, 3.05) is 26.4 Å². The summed E-state index contributed by atoms with van der Waals surface area (Å²) in [6.07, 6.45) is 5.16. The number of hydrogen-bond donors (Lipinski definition) is 0. The van der Waals surface area contributed by atoms with Crippen LogP contribution < -0.4 is 0 Å². The van der Waals surface area contributed by atoms with E-state index in [1.165, 1.54) is 25.7 Å². The lowest BCUT2D eigenvalue weighted by Crippen LogP contribution is -2.32. The standard InChI is InChI=1S/C14H26O2/c1-11(13-5-8-15-9-6-13)12(2)14-4-3-7-16-10-14/h11-14H,3-10H2,1-2H3. The minimum atomic E-state index is 0.798. The van der Waals surface area contributed by atoms with E-state index in [4.69, 9.17) is 9.47 Å². The predicted molar refractivity (Wildman–Crippen MR) is 65.4 cm³/mol. The Hall–Kier alpha value is -0.0800. The molecule has 0 amide bonds. The lowest BCUT2D eigenvalue weighted by Gasteiger charge is -2.37. The van der Waals surface area contributed by atoms with E-state index >= 15 is 0 Å². The van der Waals surface area contributed by atoms with Crippen molar-refractivity contribution < 1.29 is 9.47 Å². The maximum Gasteiger partial charge on any atom is 0.0496 e. The summed E-state index contributed by atoms with van der Waals surface area (Å²) in [5, 5.41) is 0.